The molecule has 0 atom stereocenters. The Morgan fingerprint density at radius 2 is 1.30 bits per heavy atom. The van der Waals surface area contributed by atoms with Gasteiger partial charge in [0.2, 0.25) is 0 Å². The number of fused-ring (bicyclic) bond motifs is 1. The number of rotatable bonds is 8. The molecule has 2 aromatic heterocycles. The molecule has 0 amide bonds. The van der Waals surface area contributed by atoms with Gasteiger partial charge in [0.25, 0.3) is 0 Å². The van der Waals surface area contributed by atoms with Crippen LogP contribution in [0, 0.1) is 19.8 Å². The summed E-state index contributed by atoms with van der Waals surface area (Å²) < 4.78 is 27.5. The van der Waals surface area contributed by atoms with E-state index in [9.17, 15) is 5.11 Å². The maximum absolute atomic E-state index is 12.3. The standard InChI is InChI=1S/C58H60N3O.Pt/c1-35(2)42-32-48(36(3)4)55(62)50(33-42)56-60-54-47(14-13-15-53(54)61(56)52-25-18-38(6)28-49(52)40-21-23-45(24-22-40)57(7,8)9)43-29-44(31-46(30-43)58(10,11)12)51-34-41(26-27-59-51)39-19-16-37(5)17-20-39;/h13-28,30-36,62H,1-12H3;/q-1;/i6D3;. The average molecular weight is 1010 g/mol. The second-order valence-corrected chi connectivity index (χ2v) is 19.6. The van der Waals surface area contributed by atoms with Gasteiger partial charge in [-0.15, -0.1) is 29.3 Å². The molecule has 0 aliphatic heterocycles. The molecular formula is C58H60N3OPt-. The first-order chi connectivity index (χ1) is 30.6. The van der Waals surface area contributed by atoms with Gasteiger partial charge in [0.15, 0.2) is 0 Å². The van der Waals surface area contributed by atoms with Crippen molar-refractivity contribution in [2.24, 2.45) is 0 Å². The molecule has 8 rings (SSSR count). The van der Waals surface area contributed by atoms with Crippen LogP contribution in [-0.4, -0.2) is 19.6 Å². The Kier molecular flexibility index (Phi) is 11.5. The number of nitrogens with zero attached hydrogens (tertiary/aromatic N) is 3. The fourth-order valence-electron chi connectivity index (χ4n) is 8.27. The number of para-hydroxylation sites is 1. The summed E-state index contributed by atoms with van der Waals surface area (Å²) in [5, 5.41) is 12.3. The van der Waals surface area contributed by atoms with Crippen LogP contribution in [0.5, 0.6) is 5.75 Å². The van der Waals surface area contributed by atoms with Crippen LogP contribution in [0.25, 0.3) is 72.7 Å². The largest absolute Gasteiger partial charge is 0.507 e. The second kappa shape index (κ2) is 17.5. The fraction of sp³-hybridized carbons (Fsp3) is 0.276. The summed E-state index contributed by atoms with van der Waals surface area (Å²) in [5.74, 6) is 0.966. The molecular weight excluding hydrogens is 950 g/mol. The van der Waals surface area contributed by atoms with Crippen molar-refractivity contribution in [2.45, 2.75) is 106 Å². The number of pyridine rings is 1. The molecule has 0 spiro atoms. The van der Waals surface area contributed by atoms with Crippen LogP contribution < -0.4 is 0 Å². The van der Waals surface area contributed by atoms with Crippen molar-refractivity contribution in [3.05, 3.63) is 167 Å². The minimum absolute atomic E-state index is 0. The SMILES string of the molecule is [2H]C([2H])([2H])c1ccc(-n2c(-c3cc(C(C)C)cc(C(C)C)c3O)nc3c(-c4[c-]c(-c5cc(-c6ccc(C)cc6)ccn5)cc(C(C)(C)C)c4)cccc32)c(-c2ccc(C(C)(C)C)cc2)c1.[Pt]. The molecule has 0 unspecified atom stereocenters. The molecule has 4 nitrogen and oxygen atoms in total. The maximum atomic E-state index is 12.3. The zero-order chi connectivity index (χ0) is 46.7. The Morgan fingerprint density at radius 1 is 0.635 bits per heavy atom. The Morgan fingerprint density at radius 3 is 1.95 bits per heavy atom. The zero-order valence-electron chi connectivity index (χ0n) is 41.4. The van der Waals surface area contributed by atoms with Crippen LogP contribution >= 0.6 is 0 Å². The van der Waals surface area contributed by atoms with Gasteiger partial charge in [0.05, 0.1) is 22.3 Å². The molecule has 2 heterocycles. The van der Waals surface area contributed by atoms with Crippen LogP contribution in [0.4, 0.5) is 0 Å². The summed E-state index contributed by atoms with van der Waals surface area (Å²) >= 11 is 0. The van der Waals surface area contributed by atoms with Crippen molar-refractivity contribution in [2.75, 3.05) is 0 Å². The maximum Gasteiger partial charge on any atom is 0.148 e. The summed E-state index contributed by atoms with van der Waals surface area (Å²) in [6.07, 6.45) is 1.87. The average Bonchev–Trinajstić information content (AvgIpc) is 3.65. The fourth-order valence-corrected chi connectivity index (χ4v) is 8.27. The number of phenolic OH excluding ortho intramolecular Hbond substituents is 1. The molecule has 0 fully saturated rings. The Balaban J connectivity index is 0.00000648. The number of hydrogen-bond donors (Lipinski definition) is 1. The number of imidazole rings is 1. The molecule has 0 bridgehead atoms. The number of phenols is 1. The first-order valence-electron chi connectivity index (χ1n) is 23.3. The molecule has 0 aliphatic rings. The second-order valence-electron chi connectivity index (χ2n) is 19.6. The van der Waals surface area contributed by atoms with Gasteiger partial charge >= 0.3 is 0 Å². The number of aromatic nitrogens is 3. The minimum Gasteiger partial charge on any atom is -0.507 e. The molecule has 324 valence electrons. The van der Waals surface area contributed by atoms with Gasteiger partial charge < -0.3 is 5.11 Å². The van der Waals surface area contributed by atoms with Crippen LogP contribution in [0.3, 0.4) is 0 Å². The van der Waals surface area contributed by atoms with Crippen LogP contribution in [0.15, 0.2) is 128 Å². The molecule has 63 heavy (non-hydrogen) atoms. The van der Waals surface area contributed by atoms with E-state index in [2.05, 4.69) is 178 Å². The first kappa shape index (κ1) is 41.4. The molecule has 6 aromatic carbocycles. The smallest absolute Gasteiger partial charge is 0.148 e. The van der Waals surface area contributed by atoms with Gasteiger partial charge in [0, 0.05) is 42.6 Å². The molecule has 0 saturated heterocycles. The van der Waals surface area contributed by atoms with E-state index < -0.39 is 6.85 Å². The molecule has 0 aliphatic carbocycles. The van der Waals surface area contributed by atoms with E-state index in [1.807, 2.05) is 24.4 Å². The molecule has 5 heteroatoms. The summed E-state index contributed by atoms with van der Waals surface area (Å²) in [5.41, 5.74) is 15.6. The molecule has 8 aromatic rings. The van der Waals surface area contributed by atoms with Crippen molar-refractivity contribution in [3.63, 3.8) is 0 Å². The third-order valence-electron chi connectivity index (χ3n) is 12.1. The first-order valence-corrected chi connectivity index (χ1v) is 21.8. The summed E-state index contributed by atoms with van der Waals surface area (Å²) in [7, 11) is 0. The summed E-state index contributed by atoms with van der Waals surface area (Å²) in [6, 6.07) is 45.1. The van der Waals surface area contributed by atoms with Crippen molar-refractivity contribution < 1.29 is 30.3 Å². The quantitative estimate of drug-likeness (QED) is 0.154. The number of hydrogen-bond acceptors (Lipinski definition) is 3. The van der Waals surface area contributed by atoms with Gasteiger partial charge in [-0.3, -0.25) is 9.55 Å². The Hall–Kier alpha value is -5.57. The number of benzene rings is 6. The van der Waals surface area contributed by atoms with E-state index in [-0.39, 0.29) is 55.0 Å². The van der Waals surface area contributed by atoms with E-state index in [0.29, 0.717) is 11.4 Å². The minimum atomic E-state index is -2.33. The van der Waals surface area contributed by atoms with Crippen molar-refractivity contribution in [3.8, 4) is 67.5 Å². The van der Waals surface area contributed by atoms with E-state index in [1.165, 1.54) is 11.1 Å². The van der Waals surface area contributed by atoms with Crippen LogP contribution in [0.2, 0.25) is 0 Å². The van der Waals surface area contributed by atoms with Gasteiger partial charge in [-0.05, 0) is 100 Å². The number of aryl methyl sites for hydroxylation is 2. The van der Waals surface area contributed by atoms with E-state index in [0.717, 1.165) is 78.0 Å². The van der Waals surface area contributed by atoms with Crippen LogP contribution in [-0.2, 0) is 31.9 Å². The van der Waals surface area contributed by atoms with Gasteiger partial charge in [-0.25, -0.2) is 4.98 Å². The van der Waals surface area contributed by atoms with Gasteiger partial charge in [0.1, 0.15) is 11.6 Å². The summed E-state index contributed by atoms with van der Waals surface area (Å²) in [4.78, 5) is 10.4. The van der Waals surface area contributed by atoms with Crippen molar-refractivity contribution in [1.82, 2.24) is 14.5 Å². The molecule has 1 N–H and O–H groups in total. The van der Waals surface area contributed by atoms with E-state index in [1.54, 1.807) is 12.1 Å². The Bertz CT molecular complexity index is 3060. The van der Waals surface area contributed by atoms with Crippen molar-refractivity contribution in [1.29, 1.82) is 0 Å². The number of aromatic hydroxyl groups is 1. The normalized spacial score (nSPS) is 12.9. The Labute approximate surface area is 394 Å². The van der Waals surface area contributed by atoms with E-state index >= 15 is 0 Å². The van der Waals surface area contributed by atoms with Gasteiger partial charge in [-0.2, -0.15) is 0 Å². The van der Waals surface area contributed by atoms with E-state index in [4.69, 9.17) is 14.1 Å². The summed E-state index contributed by atoms with van der Waals surface area (Å²) in [6.45, 7) is 21.5. The predicted molar refractivity (Wildman–Crippen MR) is 262 cm³/mol. The zero-order valence-corrected chi connectivity index (χ0v) is 40.7. The third kappa shape index (κ3) is 9.11. The third-order valence-corrected chi connectivity index (χ3v) is 12.1. The monoisotopic (exact) mass is 1010 g/mol. The topological polar surface area (TPSA) is 50.9 Å². The van der Waals surface area contributed by atoms with Crippen molar-refractivity contribution >= 4 is 11.0 Å². The van der Waals surface area contributed by atoms with Crippen LogP contribution in [0.1, 0.15) is 119 Å². The predicted octanol–water partition coefficient (Wildman–Crippen LogP) is 15.7. The van der Waals surface area contributed by atoms with Gasteiger partial charge in [-0.1, -0.05) is 170 Å². The molecule has 0 radical (unpaired) electrons. The molecule has 0 saturated carbocycles.